The van der Waals surface area contributed by atoms with Gasteiger partial charge in [0.15, 0.2) is 5.78 Å². The maximum absolute atomic E-state index is 12.5. The van der Waals surface area contributed by atoms with E-state index >= 15 is 0 Å². The molecule has 0 spiro atoms. The van der Waals surface area contributed by atoms with Crippen LogP contribution in [0.5, 0.6) is 5.75 Å². The van der Waals surface area contributed by atoms with Crippen LogP contribution in [0, 0.1) is 24.2 Å². The predicted octanol–water partition coefficient (Wildman–Crippen LogP) is 3.37. The molecule has 0 aromatic heterocycles. The molecule has 0 amide bonds. The van der Waals surface area contributed by atoms with E-state index in [-0.39, 0.29) is 11.7 Å². The lowest BCUT2D eigenvalue weighted by Gasteiger charge is -2.16. The molecule has 0 N–H and O–H groups in total. The molecule has 1 aromatic rings. The molecule has 2 rings (SSSR count). The van der Waals surface area contributed by atoms with Gasteiger partial charge in [-0.25, -0.2) is 0 Å². The number of nitrogens with zero attached hydrogens (tertiary/aromatic N) is 1. The number of ketones is 1. The van der Waals surface area contributed by atoms with Crippen molar-refractivity contribution in [3.8, 4) is 11.8 Å². The summed E-state index contributed by atoms with van der Waals surface area (Å²) in [6.07, 6.45) is 4.04. The number of Topliss-reactive ketones (excluding diaryl/α,β-unsaturated/α-hetero) is 1. The van der Waals surface area contributed by atoms with Crippen molar-refractivity contribution < 1.29 is 9.53 Å². The molecule has 1 aromatic carbocycles. The summed E-state index contributed by atoms with van der Waals surface area (Å²) in [6, 6.07) is 7.81. The topological polar surface area (TPSA) is 50.1 Å². The molecule has 1 aliphatic rings. The largest absolute Gasteiger partial charge is 0.496 e. The highest BCUT2D eigenvalue weighted by molar-refractivity contribution is 5.91. The maximum atomic E-state index is 12.5. The van der Waals surface area contributed by atoms with Crippen molar-refractivity contribution in [2.75, 3.05) is 7.11 Å². The predicted molar refractivity (Wildman–Crippen MR) is 73.1 cm³/mol. The van der Waals surface area contributed by atoms with Gasteiger partial charge < -0.3 is 4.74 Å². The highest BCUT2D eigenvalue weighted by Crippen LogP contribution is 2.34. The molecular formula is C16H19NO2. The summed E-state index contributed by atoms with van der Waals surface area (Å²) in [6.45, 7) is 1.96. The lowest BCUT2D eigenvalue weighted by Crippen LogP contribution is -2.19. The Kier molecular flexibility index (Phi) is 4.21. The smallest absolute Gasteiger partial charge is 0.157 e. The molecule has 1 aliphatic carbocycles. The summed E-state index contributed by atoms with van der Waals surface area (Å²) in [5.74, 6) is 0.0419. The first kappa shape index (κ1) is 13.6. The van der Waals surface area contributed by atoms with Gasteiger partial charge in [-0.05, 0) is 25.8 Å². The number of carbonyl (C=O) groups excluding carboxylic acids is 1. The van der Waals surface area contributed by atoms with Crippen molar-refractivity contribution in [3.63, 3.8) is 0 Å². The van der Waals surface area contributed by atoms with Crippen molar-refractivity contribution >= 4 is 5.78 Å². The number of rotatable bonds is 4. The van der Waals surface area contributed by atoms with Crippen molar-refractivity contribution in [3.05, 3.63) is 29.3 Å². The van der Waals surface area contributed by atoms with Gasteiger partial charge in [0.1, 0.15) is 11.7 Å². The molecule has 1 fully saturated rings. The van der Waals surface area contributed by atoms with Gasteiger partial charge in [-0.3, -0.25) is 4.79 Å². The zero-order chi connectivity index (χ0) is 13.8. The van der Waals surface area contributed by atoms with Crippen molar-refractivity contribution in [1.29, 1.82) is 5.26 Å². The summed E-state index contributed by atoms with van der Waals surface area (Å²) in [7, 11) is 1.57. The second-order valence-electron chi connectivity index (χ2n) is 5.19. The van der Waals surface area contributed by atoms with Crippen LogP contribution >= 0.6 is 0 Å². The molecule has 0 bridgehead atoms. The molecule has 3 heteroatoms. The zero-order valence-electron chi connectivity index (χ0n) is 11.5. The Balaban J connectivity index is 2.33. The lowest BCUT2D eigenvalue weighted by atomic mass is 9.86. The SMILES string of the molecule is COc1ccc(C)cc1C(C#N)C(=O)C1CCCC1. The third-order valence-electron chi connectivity index (χ3n) is 3.87. The normalized spacial score (nSPS) is 16.9. The van der Waals surface area contributed by atoms with E-state index in [0.29, 0.717) is 11.3 Å². The van der Waals surface area contributed by atoms with E-state index in [4.69, 9.17) is 4.74 Å². The molecule has 1 saturated carbocycles. The van der Waals surface area contributed by atoms with Gasteiger partial charge in [0.2, 0.25) is 0 Å². The van der Waals surface area contributed by atoms with E-state index in [1.165, 1.54) is 0 Å². The molecule has 0 radical (unpaired) electrons. The van der Waals surface area contributed by atoms with Crippen LogP contribution in [0.25, 0.3) is 0 Å². The number of ether oxygens (including phenoxy) is 1. The van der Waals surface area contributed by atoms with Gasteiger partial charge in [0.05, 0.1) is 13.2 Å². The minimum atomic E-state index is -0.696. The standard InChI is InChI=1S/C16H19NO2/c1-11-7-8-15(19-2)13(9-11)14(10-17)16(18)12-5-3-4-6-12/h7-9,12,14H,3-6H2,1-2H3. The number of aryl methyl sites for hydroxylation is 1. The van der Waals surface area contributed by atoms with Crippen molar-refractivity contribution in [2.24, 2.45) is 5.92 Å². The fourth-order valence-electron chi connectivity index (χ4n) is 2.81. The van der Waals surface area contributed by atoms with Crippen LogP contribution in [-0.2, 0) is 4.79 Å². The van der Waals surface area contributed by atoms with Crippen molar-refractivity contribution in [1.82, 2.24) is 0 Å². The second-order valence-corrected chi connectivity index (χ2v) is 5.19. The Labute approximate surface area is 114 Å². The van der Waals surface area contributed by atoms with Crippen molar-refractivity contribution in [2.45, 2.75) is 38.5 Å². The average Bonchev–Trinajstić information content (AvgIpc) is 2.93. The zero-order valence-corrected chi connectivity index (χ0v) is 11.5. The fourth-order valence-corrected chi connectivity index (χ4v) is 2.81. The van der Waals surface area contributed by atoms with E-state index < -0.39 is 5.92 Å². The van der Waals surface area contributed by atoms with Gasteiger partial charge in [0, 0.05) is 11.5 Å². The number of carbonyl (C=O) groups is 1. The van der Waals surface area contributed by atoms with Crippen LogP contribution in [0.1, 0.15) is 42.7 Å². The molecule has 100 valence electrons. The Morgan fingerprint density at radius 1 is 1.42 bits per heavy atom. The third-order valence-corrected chi connectivity index (χ3v) is 3.87. The molecule has 1 unspecified atom stereocenters. The van der Waals surface area contributed by atoms with Crippen LogP contribution in [0.3, 0.4) is 0 Å². The van der Waals surface area contributed by atoms with E-state index in [2.05, 4.69) is 6.07 Å². The molecule has 3 nitrogen and oxygen atoms in total. The van der Waals surface area contributed by atoms with Crippen LogP contribution < -0.4 is 4.74 Å². The summed E-state index contributed by atoms with van der Waals surface area (Å²) < 4.78 is 5.29. The van der Waals surface area contributed by atoms with Gasteiger partial charge in [-0.15, -0.1) is 0 Å². The summed E-state index contributed by atoms with van der Waals surface area (Å²) in [4.78, 5) is 12.5. The van der Waals surface area contributed by atoms with Gasteiger partial charge >= 0.3 is 0 Å². The summed E-state index contributed by atoms with van der Waals surface area (Å²) in [5.41, 5.74) is 1.75. The first-order valence-electron chi connectivity index (χ1n) is 6.75. The lowest BCUT2D eigenvalue weighted by molar-refractivity contribution is -0.123. The second kappa shape index (κ2) is 5.88. The Morgan fingerprint density at radius 3 is 2.68 bits per heavy atom. The Hall–Kier alpha value is -1.82. The van der Waals surface area contributed by atoms with Gasteiger partial charge in [-0.2, -0.15) is 5.26 Å². The molecule has 0 aliphatic heterocycles. The Morgan fingerprint density at radius 2 is 2.11 bits per heavy atom. The van der Waals surface area contributed by atoms with E-state index in [0.717, 1.165) is 31.2 Å². The molecule has 0 saturated heterocycles. The average molecular weight is 257 g/mol. The van der Waals surface area contributed by atoms with E-state index in [1.54, 1.807) is 7.11 Å². The summed E-state index contributed by atoms with van der Waals surface area (Å²) >= 11 is 0. The third kappa shape index (κ3) is 2.78. The van der Waals surface area contributed by atoms with Crippen LogP contribution in [-0.4, -0.2) is 12.9 Å². The van der Waals surface area contributed by atoms with Gasteiger partial charge in [0.25, 0.3) is 0 Å². The number of hydrogen-bond donors (Lipinski definition) is 0. The van der Waals surface area contributed by atoms with Crippen LogP contribution in [0.4, 0.5) is 0 Å². The Bertz CT molecular complexity index is 510. The first-order valence-corrected chi connectivity index (χ1v) is 6.75. The monoisotopic (exact) mass is 257 g/mol. The number of hydrogen-bond acceptors (Lipinski definition) is 3. The maximum Gasteiger partial charge on any atom is 0.157 e. The van der Waals surface area contributed by atoms with Crippen LogP contribution in [0.15, 0.2) is 18.2 Å². The first-order chi connectivity index (χ1) is 9.17. The highest BCUT2D eigenvalue weighted by atomic mass is 16.5. The highest BCUT2D eigenvalue weighted by Gasteiger charge is 2.31. The van der Waals surface area contributed by atoms with E-state index in [1.807, 2.05) is 25.1 Å². The fraction of sp³-hybridized carbons (Fsp3) is 0.500. The number of benzene rings is 1. The molecule has 19 heavy (non-hydrogen) atoms. The summed E-state index contributed by atoms with van der Waals surface area (Å²) in [5, 5.41) is 9.39. The van der Waals surface area contributed by atoms with E-state index in [9.17, 15) is 10.1 Å². The van der Waals surface area contributed by atoms with Gasteiger partial charge in [-0.1, -0.05) is 30.5 Å². The molecule has 1 atom stereocenters. The minimum Gasteiger partial charge on any atom is -0.496 e. The molecule has 0 heterocycles. The van der Waals surface area contributed by atoms with Crippen LogP contribution in [0.2, 0.25) is 0 Å². The quantitative estimate of drug-likeness (QED) is 0.831. The molecular weight excluding hydrogens is 238 g/mol. The minimum absolute atomic E-state index is 0.0508. The number of nitriles is 1. The number of methoxy groups -OCH3 is 1.